The van der Waals surface area contributed by atoms with Crippen molar-refractivity contribution >= 4 is 11.9 Å². The van der Waals surface area contributed by atoms with E-state index in [1.165, 1.54) is 12.7 Å². The van der Waals surface area contributed by atoms with E-state index in [2.05, 4.69) is 10.5 Å². The van der Waals surface area contributed by atoms with Crippen LogP contribution < -0.4 is 10.2 Å². The second kappa shape index (κ2) is 5.91. The molecule has 0 atom stereocenters. The number of hydrogen-bond donors (Lipinski definition) is 2. The van der Waals surface area contributed by atoms with E-state index < -0.39 is 0 Å². The highest BCUT2D eigenvalue weighted by Crippen LogP contribution is 2.25. The molecule has 0 bridgehead atoms. The number of rotatable bonds is 4. The molecule has 19 heavy (non-hydrogen) atoms. The largest absolute Gasteiger partial charge is 0.504 e. The second-order valence-electron chi connectivity index (χ2n) is 4.17. The number of phenolic OH excluding ortho intramolecular Hbond substituents is 1. The fourth-order valence-electron chi connectivity index (χ4n) is 1.58. The number of ether oxygens (including phenoxy) is 1. The van der Waals surface area contributed by atoms with E-state index in [4.69, 9.17) is 4.74 Å². The van der Waals surface area contributed by atoms with Crippen molar-refractivity contribution in [1.82, 2.24) is 0 Å². The number of anilines is 1. The maximum Gasteiger partial charge on any atom is 0.161 e. The number of aromatic hydroxyl groups is 1. The Morgan fingerprint density at radius 1 is 1.16 bits per heavy atom. The minimum atomic E-state index is 0.117. The molecule has 2 aromatic rings. The third-order valence-corrected chi connectivity index (χ3v) is 2.66. The molecule has 2 aromatic carbocycles. The Hall–Kier alpha value is -2.49. The Bertz CT molecular complexity index is 577. The van der Waals surface area contributed by atoms with E-state index in [0.717, 1.165) is 11.3 Å². The summed E-state index contributed by atoms with van der Waals surface area (Å²) in [5.41, 5.74) is 5.91. The molecule has 0 heterocycles. The van der Waals surface area contributed by atoms with Gasteiger partial charge in [0.05, 0.1) is 19.0 Å². The zero-order valence-electron chi connectivity index (χ0n) is 10.9. The van der Waals surface area contributed by atoms with E-state index in [0.29, 0.717) is 5.75 Å². The van der Waals surface area contributed by atoms with Crippen molar-refractivity contribution in [2.45, 2.75) is 6.92 Å². The van der Waals surface area contributed by atoms with Crippen LogP contribution in [0.15, 0.2) is 47.6 Å². The van der Waals surface area contributed by atoms with E-state index >= 15 is 0 Å². The normalized spacial score (nSPS) is 10.6. The van der Waals surface area contributed by atoms with Gasteiger partial charge in [0.1, 0.15) is 0 Å². The average molecular weight is 256 g/mol. The van der Waals surface area contributed by atoms with Crippen LogP contribution in [0.1, 0.15) is 11.1 Å². The summed E-state index contributed by atoms with van der Waals surface area (Å²) in [6.45, 7) is 2.04. The first-order valence-corrected chi connectivity index (χ1v) is 5.92. The van der Waals surface area contributed by atoms with E-state index in [-0.39, 0.29) is 5.75 Å². The molecule has 2 rings (SSSR count). The van der Waals surface area contributed by atoms with Crippen molar-refractivity contribution in [3.8, 4) is 11.5 Å². The third-order valence-electron chi connectivity index (χ3n) is 2.66. The van der Waals surface area contributed by atoms with Crippen LogP contribution in [0.25, 0.3) is 0 Å². The maximum atomic E-state index is 9.48. The number of aryl methyl sites for hydroxylation is 1. The highest BCUT2D eigenvalue weighted by Gasteiger charge is 2.00. The Kier molecular flexibility index (Phi) is 4.03. The van der Waals surface area contributed by atoms with Gasteiger partial charge in [-0.15, -0.1) is 0 Å². The zero-order chi connectivity index (χ0) is 13.7. The standard InChI is InChI=1S/C15H16N2O2/c1-11-3-6-13(7-4-11)17-16-10-12-5-8-14(18)15(9-12)19-2/h3-10,17-18H,1-2H3/b16-10+. The van der Waals surface area contributed by atoms with Gasteiger partial charge in [0, 0.05) is 0 Å². The van der Waals surface area contributed by atoms with Gasteiger partial charge in [-0.3, -0.25) is 5.43 Å². The Balaban J connectivity index is 2.04. The highest BCUT2D eigenvalue weighted by atomic mass is 16.5. The van der Waals surface area contributed by atoms with Crippen LogP contribution in [0, 0.1) is 6.92 Å². The molecule has 0 aromatic heterocycles. The first-order valence-electron chi connectivity index (χ1n) is 5.92. The summed E-state index contributed by atoms with van der Waals surface area (Å²) in [4.78, 5) is 0. The predicted octanol–water partition coefficient (Wildman–Crippen LogP) is 3.16. The van der Waals surface area contributed by atoms with Crippen molar-refractivity contribution < 1.29 is 9.84 Å². The van der Waals surface area contributed by atoms with Crippen LogP contribution in [-0.4, -0.2) is 18.4 Å². The average Bonchev–Trinajstić information content (AvgIpc) is 2.43. The summed E-state index contributed by atoms with van der Waals surface area (Å²) in [5, 5.41) is 13.6. The van der Waals surface area contributed by atoms with Crippen LogP contribution >= 0.6 is 0 Å². The Labute approximate surface area is 112 Å². The number of phenols is 1. The lowest BCUT2D eigenvalue weighted by Gasteiger charge is -2.04. The predicted molar refractivity (Wildman–Crippen MR) is 77.1 cm³/mol. The molecular formula is C15H16N2O2. The van der Waals surface area contributed by atoms with E-state index in [1.54, 1.807) is 24.4 Å². The molecule has 4 heteroatoms. The lowest BCUT2D eigenvalue weighted by Crippen LogP contribution is -1.91. The summed E-state index contributed by atoms with van der Waals surface area (Å²) in [5.74, 6) is 0.547. The van der Waals surface area contributed by atoms with Crippen LogP contribution in [0.5, 0.6) is 11.5 Å². The van der Waals surface area contributed by atoms with Gasteiger partial charge in [0.15, 0.2) is 11.5 Å². The van der Waals surface area contributed by atoms with E-state index in [9.17, 15) is 5.11 Å². The molecule has 4 nitrogen and oxygen atoms in total. The van der Waals surface area contributed by atoms with Gasteiger partial charge in [-0.1, -0.05) is 17.7 Å². The third kappa shape index (κ3) is 3.48. The topological polar surface area (TPSA) is 53.8 Å². The molecule has 0 aliphatic carbocycles. The van der Waals surface area contributed by atoms with Crippen molar-refractivity contribution in [1.29, 1.82) is 0 Å². The minimum Gasteiger partial charge on any atom is -0.504 e. The molecule has 0 fully saturated rings. The minimum absolute atomic E-state index is 0.117. The molecule has 98 valence electrons. The van der Waals surface area contributed by atoms with E-state index in [1.807, 2.05) is 31.2 Å². The van der Waals surface area contributed by atoms with Gasteiger partial charge in [0.25, 0.3) is 0 Å². The molecule has 0 aliphatic rings. The smallest absolute Gasteiger partial charge is 0.161 e. The zero-order valence-corrected chi connectivity index (χ0v) is 10.9. The molecule has 0 spiro atoms. The summed E-state index contributed by atoms with van der Waals surface area (Å²) >= 11 is 0. The van der Waals surface area contributed by atoms with Gasteiger partial charge in [0.2, 0.25) is 0 Å². The van der Waals surface area contributed by atoms with Crippen LogP contribution in [0.4, 0.5) is 5.69 Å². The molecule has 0 radical (unpaired) electrons. The van der Waals surface area contributed by atoms with Crippen LogP contribution in [-0.2, 0) is 0 Å². The van der Waals surface area contributed by atoms with Gasteiger partial charge in [-0.2, -0.15) is 5.10 Å². The Morgan fingerprint density at radius 2 is 1.89 bits per heavy atom. The van der Waals surface area contributed by atoms with Crippen molar-refractivity contribution in [2.75, 3.05) is 12.5 Å². The SMILES string of the molecule is COc1cc(/C=N/Nc2ccc(C)cc2)ccc1O. The molecule has 0 aliphatic heterocycles. The number of benzene rings is 2. The number of methoxy groups -OCH3 is 1. The number of nitrogens with zero attached hydrogens (tertiary/aromatic N) is 1. The van der Waals surface area contributed by atoms with Gasteiger partial charge in [-0.05, 0) is 42.8 Å². The monoisotopic (exact) mass is 256 g/mol. The van der Waals surface area contributed by atoms with Crippen molar-refractivity contribution in [3.05, 3.63) is 53.6 Å². The quantitative estimate of drug-likeness (QED) is 0.652. The molecule has 0 unspecified atom stereocenters. The fourth-order valence-corrected chi connectivity index (χ4v) is 1.58. The van der Waals surface area contributed by atoms with Gasteiger partial charge < -0.3 is 9.84 Å². The molecular weight excluding hydrogens is 240 g/mol. The number of hydrogen-bond acceptors (Lipinski definition) is 4. The van der Waals surface area contributed by atoms with Gasteiger partial charge in [-0.25, -0.2) is 0 Å². The lowest BCUT2D eigenvalue weighted by atomic mass is 10.2. The second-order valence-corrected chi connectivity index (χ2v) is 4.17. The number of nitrogens with one attached hydrogen (secondary N) is 1. The van der Waals surface area contributed by atoms with Crippen LogP contribution in [0.3, 0.4) is 0 Å². The summed E-state index contributed by atoms with van der Waals surface area (Å²) in [7, 11) is 1.51. The first-order chi connectivity index (χ1) is 9.19. The van der Waals surface area contributed by atoms with Crippen molar-refractivity contribution in [3.63, 3.8) is 0 Å². The van der Waals surface area contributed by atoms with Gasteiger partial charge >= 0.3 is 0 Å². The molecule has 0 amide bonds. The number of hydrazone groups is 1. The highest BCUT2D eigenvalue weighted by molar-refractivity contribution is 5.81. The molecule has 2 N–H and O–H groups in total. The Morgan fingerprint density at radius 3 is 2.58 bits per heavy atom. The summed E-state index contributed by atoms with van der Waals surface area (Å²) in [6.07, 6.45) is 1.67. The lowest BCUT2D eigenvalue weighted by molar-refractivity contribution is 0.373. The molecule has 0 saturated heterocycles. The summed E-state index contributed by atoms with van der Waals surface area (Å²) < 4.78 is 5.03. The van der Waals surface area contributed by atoms with Crippen molar-refractivity contribution in [2.24, 2.45) is 5.10 Å². The maximum absolute atomic E-state index is 9.48. The molecule has 0 saturated carbocycles. The summed E-state index contributed by atoms with van der Waals surface area (Å²) in [6, 6.07) is 13.0. The van der Waals surface area contributed by atoms with Crippen LogP contribution in [0.2, 0.25) is 0 Å². The first kappa shape index (κ1) is 13.0. The fraction of sp³-hybridized carbons (Fsp3) is 0.133.